The van der Waals surface area contributed by atoms with Crippen LogP contribution in [-0.4, -0.2) is 61.4 Å². The molecule has 27 heavy (non-hydrogen) atoms. The van der Waals surface area contributed by atoms with E-state index in [0.29, 0.717) is 19.4 Å². The summed E-state index contributed by atoms with van der Waals surface area (Å²) in [6.07, 6.45) is 4.73. The summed E-state index contributed by atoms with van der Waals surface area (Å²) in [5.41, 5.74) is 2.05. The van der Waals surface area contributed by atoms with Crippen LogP contribution in [0.4, 0.5) is 0 Å². The number of carbonyl (C=O) groups is 2. The zero-order chi connectivity index (χ0) is 19.5. The summed E-state index contributed by atoms with van der Waals surface area (Å²) in [4.78, 5) is 28.5. The molecule has 0 aromatic heterocycles. The summed E-state index contributed by atoms with van der Waals surface area (Å²) in [6.45, 7) is 7.57. The molecule has 0 atom stereocenters. The zero-order valence-corrected chi connectivity index (χ0v) is 16.9. The highest BCUT2D eigenvalue weighted by molar-refractivity contribution is 5.96. The average Bonchev–Trinajstić information content (AvgIpc) is 2.66. The van der Waals surface area contributed by atoms with Crippen LogP contribution in [-0.2, 0) is 16.1 Å². The number of piperazine rings is 1. The molecule has 1 aromatic rings. The molecule has 0 radical (unpaired) electrons. The van der Waals surface area contributed by atoms with Crippen molar-refractivity contribution in [2.45, 2.75) is 52.0 Å². The molecule has 0 spiro atoms. The van der Waals surface area contributed by atoms with Gasteiger partial charge in [0.1, 0.15) is 0 Å². The Morgan fingerprint density at radius 1 is 1.00 bits per heavy atom. The molecule has 1 aliphatic heterocycles. The van der Waals surface area contributed by atoms with E-state index in [9.17, 15) is 9.59 Å². The molecule has 0 amide bonds. The summed E-state index contributed by atoms with van der Waals surface area (Å²) in [5.74, 6) is 0.103. The summed E-state index contributed by atoms with van der Waals surface area (Å²) in [5, 5.41) is 0. The second kappa shape index (κ2) is 11.9. The molecule has 1 aliphatic rings. The molecule has 0 N–H and O–H groups in total. The molecule has 5 heteroatoms. The number of unbranched alkanes of at least 4 members (excludes halogenated alkanes) is 3. The number of ketones is 1. The number of likely N-dealkylation sites (N-methyl/N-ethyl adjacent to an activating group) is 1. The molecule has 1 heterocycles. The lowest BCUT2D eigenvalue weighted by Gasteiger charge is -2.32. The third kappa shape index (κ3) is 8.22. The fourth-order valence-electron chi connectivity index (χ4n) is 3.39. The van der Waals surface area contributed by atoms with Crippen LogP contribution in [0, 0.1) is 0 Å². The van der Waals surface area contributed by atoms with Crippen molar-refractivity contribution < 1.29 is 14.3 Å². The lowest BCUT2D eigenvalue weighted by Crippen LogP contribution is -2.43. The van der Waals surface area contributed by atoms with E-state index >= 15 is 0 Å². The zero-order valence-electron chi connectivity index (χ0n) is 16.9. The molecular weight excluding hydrogens is 340 g/mol. The normalized spacial score (nSPS) is 15.6. The van der Waals surface area contributed by atoms with Crippen molar-refractivity contribution in [1.29, 1.82) is 0 Å². The fourth-order valence-corrected chi connectivity index (χ4v) is 3.39. The number of hydrogen-bond donors (Lipinski definition) is 0. The molecule has 150 valence electrons. The van der Waals surface area contributed by atoms with Gasteiger partial charge < -0.3 is 9.64 Å². The molecule has 1 fully saturated rings. The number of ether oxygens (including phenoxy) is 1. The van der Waals surface area contributed by atoms with Crippen LogP contribution in [0.15, 0.2) is 24.3 Å². The molecular formula is C22H34N2O3. The molecule has 1 aromatic carbocycles. The van der Waals surface area contributed by atoms with E-state index in [1.165, 1.54) is 5.56 Å². The number of rotatable bonds is 11. The van der Waals surface area contributed by atoms with Crippen LogP contribution < -0.4 is 0 Å². The number of carbonyl (C=O) groups excluding carboxylic acids is 2. The molecule has 0 saturated carbocycles. The lowest BCUT2D eigenvalue weighted by atomic mass is 10.0. The number of Topliss-reactive ketones (excluding diaryl/α,β-unsaturated/α-hetero) is 1. The van der Waals surface area contributed by atoms with E-state index in [0.717, 1.165) is 64.0 Å². The second-order valence-electron chi connectivity index (χ2n) is 7.42. The van der Waals surface area contributed by atoms with Crippen molar-refractivity contribution in [3.05, 3.63) is 35.4 Å². The van der Waals surface area contributed by atoms with Crippen molar-refractivity contribution in [3.8, 4) is 0 Å². The summed E-state index contributed by atoms with van der Waals surface area (Å²) < 4.78 is 4.92. The first kappa shape index (κ1) is 21.6. The van der Waals surface area contributed by atoms with Gasteiger partial charge in [0.2, 0.25) is 0 Å². The monoisotopic (exact) mass is 374 g/mol. The standard InChI is InChI=1S/C22H34N2O3/c1-3-27-22(26)12-7-5-4-6-11-21(25)20-10-8-9-19(17-20)18-24-15-13-23(2)14-16-24/h8-10,17H,3-7,11-16,18H2,1-2H3. The van der Waals surface area contributed by atoms with E-state index in [-0.39, 0.29) is 11.8 Å². The van der Waals surface area contributed by atoms with Gasteiger partial charge in [-0.2, -0.15) is 0 Å². The largest absolute Gasteiger partial charge is 0.466 e. The van der Waals surface area contributed by atoms with Crippen molar-refractivity contribution in [2.24, 2.45) is 0 Å². The maximum absolute atomic E-state index is 12.5. The highest BCUT2D eigenvalue weighted by atomic mass is 16.5. The van der Waals surface area contributed by atoms with Gasteiger partial charge in [0.25, 0.3) is 0 Å². The number of hydrogen-bond acceptors (Lipinski definition) is 5. The Balaban J connectivity index is 1.68. The van der Waals surface area contributed by atoms with Gasteiger partial charge >= 0.3 is 5.97 Å². The summed E-state index contributed by atoms with van der Waals surface area (Å²) in [7, 11) is 2.16. The average molecular weight is 375 g/mol. The van der Waals surface area contributed by atoms with Crippen LogP contribution in [0.5, 0.6) is 0 Å². The molecule has 1 saturated heterocycles. The predicted octanol–water partition coefficient (Wildman–Crippen LogP) is 3.52. The van der Waals surface area contributed by atoms with Crippen LogP contribution in [0.2, 0.25) is 0 Å². The van der Waals surface area contributed by atoms with Crippen molar-refractivity contribution in [1.82, 2.24) is 9.80 Å². The Morgan fingerprint density at radius 2 is 1.70 bits per heavy atom. The van der Waals surface area contributed by atoms with Gasteiger partial charge in [-0.3, -0.25) is 14.5 Å². The quantitative estimate of drug-likeness (QED) is 0.337. The Morgan fingerprint density at radius 3 is 2.41 bits per heavy atom. The van der Waals surface area contributed by atoms with Crippen molar-refractivity contribution in [3.63, 3.8) is 0 Å². The number of esters is 1. The van der Waals surface area contributed by atoms with Crippen molar-refractivity contribution >= 4 is 11.8 Å². The Hall–Kier alpha value is -1.72. The maximum Gasteiger partial charge on any atom is 0.305 e. The molecule has 0 aliphatic carbocycles. The smallest absolute Gasteiger partial charge is 0.305 e. The first-order valence-electron chi connectivity index (χ1n) is 10.3. The highest BCUT2D eigenvalue weighted by Gasteiger charge is 2.14. The third-order valence-electron chi connectivity index (χ3n) is 5.09. The molecule has 0 bridgehead atoms. The first-order valence-corrected chi connectivity index (χ1v) is 10.3. The van der Waals surface area contributed by atoms with Crippen LogP contribution >= 0.6 is 0 Å². The predicted molar refractivity (Wildman–Crippen MR) is 108 cm³/mol. The minimum absolute atomic E-state index is 0.120. The van der Waals surface area contributed by atoms with Gasteiger partial charge in [-0.15, -0.1) is 0 Å². The maximum atomic E-state index is 12.5. The van der Waals surface area contributed by atoms with E-state index in [1.807, 2.05) is 19.1 Å². The highest BCUT2D eigenvalue weighted by Crippen LogP contribution is 2.14. The molecule has 5 nitrogen and oxygen atoms in total. The topological polar surface area (TPSA) is 49.9 Å². The molecule has 0 unspecified atom stereocenters. The Bertz CT molecular complexity index is 595. The van der Waals surface area contributed by atoms with E-state index < -0.39 is 0 Å². The summed E-state index contributed by atoms with van der Waals surface area (Å²) in [6, 6.07) is 8.10. The third-order valence-corrected chi connectivity index (χ3v) is 5.09. The molecule has 2 rings (SSSR count). The van der Waals surface area contributed by atoms with Crippen LogP contribution in [0.3, 0.4) is 0 Å². The second-order valence-corrected chi connectivity index (χ2v) is 7.42. The minimum atomic E-state index is -0.120. The number of nitrogens with zero attached hydrogens (tertiary/aromatic N) is 2. The van der Waals surface area contributed by atoms with Crippen molar-refractivity contribution in [2.75, 3.05) is 39.8 Å². The Kier molecular flexibility index (Phi) is 9.50. The van der Waals surface area contributed by atoms with Gasteiger partial charge in [-0.1, -0.05) is 31.0 Å². The van der Waals surface area contributed by atoms with Crippen LogP contribution in [0.25, 0.3) is 0 Å². The summed E-state index contributed by atoms with van der Waals surface area (Å²) >= 11 is 0. The van der Waals surface area contributed by atoms with E-state index in [1.54, 1.807) is 0 Å². The van der Waals surface area contributed by atoms with Gasteiger partial charge in [0, 0.05) is 51.1 Å². The minimum Gasteiger partial charge on any atom is -0.466 e. The van der Waals surface area contributed by atoms with Gasteiger partial charge in [0.05, 0.1) is 6.61 Å². The van der Waals surface area contributed by atoms with Gasteiger partial charge in [-0.25, -0.2) is 0 Å². The van der Waals surface area contributed by atoms with Gasteiger partial charge in [0.15, 0.2) is 5.78 Å². The fraction of sp³-hybridized carbons (Fsp3) is 0.636. The van der Waals surface area contributed by atoms with E-state index in [2.05, 4.69) is 29.0 Å². The van der Waals surface area contributed by atoms with Gasteiger partial charge in [-0.05, 0) is 38.4 Å². The SMILES string of the molecule is CCOC(=O)CCCCCCC(=O)c1cccc(CN2CCN(C)CC2)c1. The Labute approximate surface area is 163 Å². The first-order chi connectivity index (χ1) is 13.1. The number of benzene rings is 1. The van der Waals surface area contributed by atoms with E-state index in [4.69, 9.17) is 4.74 Å². The van der Waals surface area contributed by atoms with Crippen LogP contribution in [0.1, 0.15) is 61.4 Å². The lowest BCUT2D eigenvalue weighted by molar-refractivity contribution is -0.143.